The molecule has 0 amide bonds. The Labute approximate surface area is 184 Å². The zero-order valence-electron chi connectivity index (χ0n) is 19.0. The number of rotatable bonds is 8. The Kier molecular flexibility index (Phi) is 7.09. The van der Waals surface area contributed by atoms with Crippen molar-refractivity contribution < 1.29 is 8.81 Å². The van der Waals surface area contributed by atoms with E-state index < -0.39 is 11.4 Å². The van der Waals surface area contributed by atoms with Crippen LogP contribution in [0, 0.1) is 11.7 Å². The van der Waals surface area contributed by atoms with Gasteiger partial charge in [-0.25, -0.2) is 9.18 Å². The van der Waals surface area contributed by atoms with E-state index in [1.165, 1.54) is 69.8 Å². The first-order chi connectivity index (χ1) is 15.1. The molecule has 3 heteroatoms. The third kappa shape index (κ3) is 4.71. The van der Waals surface area contributed by atoms with E-state index in [1.807, 2.05) is 25.1 Å². The largest absolute Gasteiger partial charge is 0.419 e. The van der Waals surface area contributed by atoms with Crippen LogP contribution in [0.4, 0.5) is 4.39 Å². The SMILES string of the molecule is CCCCCCCC1CCC(c2ccc3c(c2)c(=O)oc2c(F)c(CC)ccc23)CC1. The summed E-state index contributed by atoms with van der Waals surface area (Å²) in [6.07, 6.45) is 13.7. The van der Waals surface area contributed by atoms with Gasteiger partial charge >= 0.3 is 5.63 Å². The second-order valence-electron chi connectivity index (χ2n) is 9.38. The second kappa shape index (κ2) is 9.97. The highest BCUT2D eigenvalue weighted by Gasteiger charge is 2.23. The predicted molar refractivity (Wildman–Crippen MR) is 127 cm³/mol. The number of hydrogen-bond acceptors (Lipinski definition) is 2. The average molecular weight is 423 g/mol. The highest BCUT2D eigenvalue weighted by molar-refractivity contribution is 6.04. The zero-order chi connectivity index (χ0) is 21.8. The monoisotopic (exact) mass is 422 g/mol. The van der Waals surface area contributed by atoms with E-state index in [9.17, 15) is 9.18 Å². The predicted octanol–water partition coefficient (Wildman–Crippen LogP) is 8.28. The number of fused-ring (bicyclic) bond motifs is 3. The van der Waals surface area contributed by atoms with Gasteiger partial charge in [0.2, 0.25) is 0 Å². The molecule has 1 saturated carbocycles. The zero-order valence-corrected chi connectivity index (χ0v) is 19.0. The summed E-state index contributed by atoms with van der Waals surface area (Å²) in [4.78, 5) is 12.7. The van der Waals surface area contributed by atoms with Crippen LogP contribution < -0.4 is 5.63 Å². The molecule has 0 aliphatic heterocycles. The molecule has 0 bridgehead atoms. The molecule has 166 valence electrons. The van der Waals surface area contributed by atoms with Crippen molar-refractivity contribution in [3.63, 3.8) is 0 Å². The first-order valence-electron chi connectivity index (χ1n) is 12.3. The first-order valence-corrected chi connectivity index (χ1v) is 12.3. The van der Waals surface area contributed by atoms with Crippen molar-refractivity contribution in [2.45, 2.75) is 90.4 Å². The van der Waals surface area contributed by atoms with E-state index in [4.69, 9.17) is 4.42 Å². The second-order valence-corrected chi connectivity index (χ2v) is 9.38. The summed E-state index contributed by atoms with van der Waals surface area (Å²) < 4.78 is 20.2. The highest BCUT2D eigenvalue weighted by atomic mass is 19.1. The van der Waals surface area contributed by atoms with Crippen LogP contribution in [0.3, 0.4) is 0 Å². The fraction of sp³-hybridized carbons (Fsp3) is 0.536. The van der Waals surface area contributed by atoms with Gasteiger partial charge in [0, 0.05) is 10.8 Å². The fourth-order valence-corrected chi connectivity index (χ4v) is 5.37. The van der Waals surface area contributed by atoms with Crippen LogP contribution in [-0.4, -0.2) is 0 Å². The van der Waals surface area contributed by atoms with Gasteiger partial charge in [0.05, 0.1) is 5.39 Å². The Morgan fingerprint density at radius 2 is 1.65 bits per heavy atom. The van der Waals surface area contributed by atoms with Crippen molar-refractivity contribution in [3.8, 4) is 0 Å². The standard InChI is InChI=1S/C28H35FO2/c1-3-5-6-7-8-9-19-10-12-21(13-11-19)22-15-16-23-24-17-14-20(4-2)26(29)27(24)31-28(30)25(23)18-22/h14-19,21H,3-13H2,1-2H3. The molecule has 0 radical (unpaired) electrons. The lowest BCUT2D eigenvalue weighted by Gasteiger charge is -2.29. The maximum Gasteiger partial charge on any atom is 0.344 e. The Bertz CT molecular complexity index is 1090. The van der Waals surface area contributed by atoms with Crippen LogP contribution in [0.5, 0.6) is 0 Å². The van der Waals surface area contributed by atoms with E-state index in [2.05, 4.69) is 13.0 Å². The molecule has 0 saturated heterocycles. The van der Waals surface area contributed by atoms with Gasteiger partial charge in [-0.1, -0.05) is 76.6 Å². The van der Waals surface area contributed by atoms with Crippen molar-refractivity contribution >= 4 is 21.7 Å². The van der Waals surface area contributed by atoms with Gasteiger partial charge in [-0.3, -0.25) is 0 Å². The molecule has 1 aliphatic rings. The minimum Gasteiger partial charge on any atom is -0.419 e. The molecule has 1 aliphatic carbocycles. The van der Waals surface area contributed by atoms with Crippen LogP contribution in [-0.2, 0) is 6.42 Å². The number of hydrogen-bond donors (Lipinski definition) is 0. The molecule has 0 unspecified atom stereocenters. The van der Waals surface area contributed by atoms with Crippen molar-refractivity contribution in [1.29, 1.82) is 0 Å². The summed E-state index contributed by atoms with van der Waals surface area (Å²) in [5.74, 6) is 0.967. The van der Waals surface area contributed by atoms with E-state index in [-0.39, 0.29) is 5.58 Å². The number of unbranched alkanes of at least 4 members (excludes halogenated alkanes) is 4. The Balaban J connectivity index is 1.49. The summed E-state index contributed by atoms with van der Waals surface area (Å²) in [5.41, 5.74) is 1.46. The maximum atomic E-state index is 14.7. The molecule has 2 nitrogen and oxygen atoms in total. The van der Waals surface area contributed by atoms with E-state index in [0.29, 0.717) is 28.7 Å². The summed E-state index contributed by atoms with van der Waals surface area (Å²) >= 11 is 0. The molecule has 2 aromatic carbocycles. The molecule has 3 aromatic rings. The lowest BCUT2D eigenvalue weighted by atomic mass is 9.76. The number of aryl methyl sites for hydroxylation is 1. The molecular formula is C28H35FO2. The lowest BCUT2D eigenvalue weighted by molar-refractivity contribution is 0.302. The normalized spacial score (nSPS) is 19.3. The number of halogens is 1. The van der Waals surface area contributed by atoms with Crippen LogP contribution in [0.2, 0.25) is 0 Å². The topological polar surface area (TPSA) is 30.2 Å². The van der Waals surface area contributed by atoms with Crippen LogP contribution >= 0.6 is 0 Å². The minimum atomic E-state index is -0.433. The smallest absolute Gasteiger partial charge is 0.344 e. The van der Waals surface area contributed by atoms with Crippen molar-refractivity contribution in [2.24, 2.45) is 5.92 Å². The summed E-state index contributed by atoms with van der Waals surface area (Å²) in [6.45, 7) is 4.16. The van der Waals surface area contributed by atoms with Gasteiger partial charge in [-0.05, 0) is 61.1 Å². The van der Waals surface area contributed by atoms with Crippen LogP contribution in [0.25, 0.3) is 21.7 Å². The maximum absolute atomic E-state index is 14.7. The quantitative estimate of drug-likeness (QED) is 0.208. The molecular weight excluding hydrogens is 387 g/mol. The van der Waals surface area contributed by atoms with Gasteiger partial charge in [0.1, 0.15) is 0 Å². The minimum absolute atomic E-state index is 0.0871. The molecule has 0 spiro atoms. The third-order valence-corrected chi connectivity index (χ3v) is 7.34. The van der Waals surface area contributed by atoms with Crippen molar-refractivity contribution in [3.05, 3.63) is 57.7 Å². The van der Waals surface area contributed by atoms with E-state index >= 15 is 0 Å². The van der Waals surface area contributed by atoms with Gasteiger partial charge < -0.3 is 4.42 Å². The van der Waals surface area contributed by atoms with Crippen molar-refractivity contribution in [2.75, 3.05) is 0 Å². The molecule has 4 rings (SSSR count). The fourth-order valence-electron chi connectivity index (χ4n) is 5.37. The third-order valence-electron chi connectivity index (χ3n) is 7.34. The molecule has 1 fully saturated rings. The Hall–Kier alpha value is -2.16. The summed E-state index contributed by atoms with van der Waals surface area (Å²) in [6, 6.07) is 9.82. The Morgan fingerprint density at radius 1 is 0.903 bits per heavy atom. The van der Waals surface area contributed by atoms with E-state index in [0.717, 1.165) is 11.3 Å². The van der Waals surface area contributed by atoms with Crippen molar-refractivity contribution in [1.82, 2.24) is 0 Å². The highest BCUT2D eigenvalue weighted by Crippen LogP contribution is 2.39. The average Bonchev–Trinajstić information content (AvgIpc) is 2.80. The lowest BCUT2D eigenvalue weighted by Crippen LogP contribution is -2.14. The molecule has 0 N–H and O–H groups in total. The van der Waals surface area contributed by atoms with Gasteiger partial charge in [0.25, 0.3) is 0 Å². The van der Waals surface area contributed by atoms with Gasteiger partial charge in [-0.2, -0.15) is 0 Å². The van der Waals surface area contributed by atoms with Crippen LogP contribution in [0.1, 0.15) is 95.1 Å². The Morgan fingerprint density at radius 3 is 2.39 bits per heavy atom. The van der Waals surface area contributed by atoms with Gasteiger partial charge in [-0.15, -0.1) is 0 Å². The molecule has 31 heavy (non-hydrogen) atoms. The molecule has 1 aromatic heterocycles. The van der Waals surface area contributed by atoms with E-state index in [1.54, 1.807) is 6.07 Å². The van der Waals surface area contributed by atoms with Gasteiger partial charge in [0.15, 0.2) is 11.4 Å². The first kappa shape index (κ1) is 22.0. The van der Waals surface area contributed by atoms with Crippen LogP contribution in [0.15, 0.2) is 39.5 Å². The molecule has 0 atom stereocenters. The summed E-state index contributed by atoms with van der Waals surface area (Å²) in [7, 11) is 0. The number of benzene rings is 2. The summed E-state index contributed by atoms with van der Waals surface area (Å²) in [5, 5.41) is 2.05. The molecule has 1 heterocycles.